The van der Waals surface area contributed by atoms with E-state index in [1.165, 1.54) is 46.4 Å². The molecule has 1 amide bonds. The van der Waals surface area contributed by atoms with Gasteiger partial charge in [-0.25, -0.2) is 9.37 Å². The molecule has 4 aromatic rings. The Balaban J connectivity index is 1.50. The van der Waals surface area contributed by atoms with Crippen LogP contribution in [0, 0.1) is 22.9 Å². The van der Waals surface area contributed by atoms with Crippen molar-refractivity contribution in [1.29, 1.82) is 0 Å². The molecule has 2 aromatic carbocycles. The molecule has 1 N–H and O–H groups in total. The van der Waals surface area contributed by atoms with E-state index in [1.54, 1.807) is 43.3 Å². The van der Waals surface area contributed by atoms with Gasteiger partial charge < -0.3 is 5.32 Å². The molecule has 0 fully saturated rings. The van der Waals surface area contributed by atoms with Crippen LogP contribution < -0.4 is 5.32 Å². The number of carbonyl (C=O) groups is 1. The highest BCUT2D eigenvalue weighted by molar-refractivity contribution is 7.12. The standard InChI is InChI=1S/C22H16FN5O3S/c1-14-12-20(25-21(29)11-4-15-2-9-18(10-3-15)28(30)31)27(26-14)22-24-19(13-32-22)16-5-7-17(23)8-6-16/h2-13H,1H3,(H,25,29)/b11-4+. The van der Waals surface area contributed by atoms with E-state index in [0.717, 1.165) is 5.56 Å². The number of nitro groups is 1. The van der Waals surface area contributed by atoms with Gasteiger partial charge in [0.1, 0.15) is 11.6 Å². The summed E-state index contributed by atoms with van der Waals surface area (Å²) < 4.78 is 14.7. The third-order valence-corrected chi connectivity index (χ3v) is 5.24. The van der Waals surface area contributed by atoms with Crippen LogP contribution in [0.3, 0.4) is 0 Å². The summed E-state index contributed by atoms with van der Waals surface area (Å²) in [6, 6.07) is 13.6. The largest absolute Gasteiger partial charge is 0.307 e. The SMILES string of the molecule is Cc1cc(NC(=O)/C=C/c2ccc([N+](=O)[O-])cc2)n(-c2nc(-c3ccc(F)cc3)cs2)n1. The predicted molar refractivity (Wildman–Crippen MR) is 120 cm³/mol. The van der Waals surface area contributed by atoms with Crippen LogP contribution in [0.4, 0.5) is 15.9 Å². The molecule has 4 rings (SSSR count). The molecule has 0 unspecified atom stereocenters. The third-order valence-electron chi connectivity index (χ3n) is 4.43. The van der Waals surface area contributed by atoms with Crippen molar-refractivity contribution in [2.75, 3.05) is 5.32 Å². The van der Waals surface area contributed by atoms with Crippen LogP contribution in [0.1, 0.15) is 11.3 Å². The fourth-order valence-corrected chi connectivity index (χ4v) is 3.69. The number of halogens is 1. The first-order valence-corrected chi connectivity index (χ1v) is 10.3. The molecular formula is C22H16FN5O3S. The zero-order chi connectivity index (χ0) is 22.7. The van der Waals surface area contributed by atoms with Crippen molar-refractivity contribution < 1.29 is 14.1 Å². The minimum Gasteiger partial charge on any atom is -0.307 e. The van der Waals surface area contributed by atoms with Gasteiger partial charge in [-0.05, 0) is 55.0 Å². The van der Waals surface area contributed by atoms with Gasteiger partial charge in [-0.2, -0.15) is 9.78 Å². The van der Waals surface area contributed by atoms with Crippen molar-refractivity contribution in [3.8, 4) is 16.4 Å². The van der Waals surface area contributed by atoms with Gasteiger partial charge in [-0.3, -0.25) is 14.9 Å². The highest BCUT2D eigenvalue weighted by Gasteiger charge is 2.14. The van der Waals surface area contributed by atoms with Crippen LogP contribution in [-0.2, 0) is 4.79 Å². The second kappa shape index (κ2) is 8.90. The van der Waals surface area contributed by atoms with Crippen molar-refractivity contribution in [2.45, 2.75) is 6.92 Å². The number of nitrogens with zero attached hydrogens (tertiary/aromatic N) is 4. The number of amides is 1. The molecule has 2 heterocycles. The van der Waals surface area contributed by atoms with Crippen LogP contribution in [0.15, 0.2) is 66.1 Å². The smallest absolute Gasteiger partial charge is 0.269 e. The van der Waals surface area contributed by atoms with Gasteiger partial charge in [0, 0.05) is 35.2 Å². The van der Waals surface area contributed by atoms with E-state index < -0.39 is 4.92 Å². The number of anilines is 1. The molecule has 0 aliphatic heterocycles. The number of benzene rings is 2. The summed E-state index contributed by atoms with van der Waals surface area (Å²) in [4.78, 5) is 27.2. The first kappa shape index (κ1) is 21.1. The van der Waals surface area contributed by atoms with Crippen molar-refractivity contribution in [2.24, 2.45) is 0 Å². The lowest BCUT2D eigenvalue weighted by Crippen LogP contribution is -2.12. The van der Waals surface area contributed by atoms with E-state index in [1.807, 2.05) is 5.38 Å². The van der Waals surface area contributed by atoms with Crippen molar-refractivity contribution in [3.63, 3.8) is 0 Å². The summed E-state index contributed by atoms with van der Waals surface area (Å²) in [5, 5.41) is 20.3. The Kier molecular flexibility index (Phi) is 5.86. The lowest BCUT2D eigenvalue weighted by atomic mass is 10.2. The van der Waals surface area contributed by atoms with E-state index >= 15 is 0 Å². The molecule has 2 aromatic heterocycles. The number of rotatable bonds is 6. The van der Waals surface area contributed by atoms with Crippen LogP contribution in [-0.4, -0.2) is 25.6 Å². The molecule has 0 saturated carbocycles. The first-order valence-electron chi connectivity index (χ1n) is 9.41. The van der Waals surface area contributed by atoms with Crippen LogP contribution in [0.5, 0.6) is 0 Å². The molecule has 0 spiro atoms. The summed E-state index contributed by atoms with van der Waals surface area (Å²) >= 11 is 1.34. The van der Waals surface area contributed by atoms with Gasteiger partial charge in [0.2, 0.25) is 11.0 Å². The van der Waals surface area contributed by atoms with Gasteiger partial charge in [-0.15, -0.1) is 11.3 Å². The van der Waals surface area contributed by atoms with E-state index in [4.69, 9.17) is 0 Å². The monoisotopic (exact) mass is 449 g/mol. The number of aryl methyl sites for hydroxylation is 1. The first-order chi connectivity index (χ1) is 15.4. The topological polar surface area (TPSA) is 103 Å². The van der Waals surface area contributed by atoms with Crippen molar-refractivity contribution >= 4 is 34.8 Å². The Morgan fingerprint density at radius 1 is 1.19 bits per heavy atom. The van der Waals surface area contributed by atoms with Crippen LogP contribution in [0.2, 0.25) is 0 Å². The Bertz CT molecular complexity index is 1310. The maximum atomic E-state index is 13.2. The second-order valence-corrected chi connectivity index (χ2v) is 7.61. The van der Waals surface area contributed by atoms with Gasteiger partial charge in [0.15, 0.2) is 0 Å². The molecule has 0 atom stereocenters. The lowest BCUT2D eigenvalue weighted by Gasteiger charge is -2.04. The number of nitro benzene ring substituents is 1. The summed E-state index contributed by atoms with van der Waals surface area (Å²) in [5.74, 6) is -0.264. The minimum absolute atomic E-state index is 0.0190. The molecule has 0 aliphatic carbocycles. The summed E-state index contributed by atoms with van der Waals surface area (Å²) in [7, 11) is 0. The average molecular weight is 449 g/mol. The third kappa shape index (κ3) is 4.76. The Hall–Kier alpha value is -4.18. The number of thiazole rings is 1. The quantitative estimate of drug-likeness (QED) is 0.253. The van der Waals surface area contributed by atoms with E-state index in [-0.39, 0.29) is 17.4 Å². The van der Waals surface area contributed by atoms with Crippen LogP contribution in [0.25, 0.3) is 22.5 Å². The van der Waals surface area contributed by atoms with Gasteiger partial charge in [0.05, 0.1) is 16.3 Å². The van der Waals surface area contributed by atoms with E-state index in [9.17, 15) is 19.3 Å². The maximum absolute atomic E-state index is 13.2. The van der Waals surface area contributed by atoms with Gasteiger partial charge >= 0.3 is 0 Å². The van der Waals surface area contributed by atoms with Crippen molar-refractivity contribution in [1.82, 2.24) is 14.8 Å². The maximum Gasteiger partial charge on any atom is 0.269 e. The second-order valence-electron chi connectivity index (χ2n) is 6.78. The molecular weight excluding hydrogens is 433 g/mol. The van der Waals surface area contributed by atoms with Gasteiger partial charge in [0.25, 0.3) is 5.69 Å². The fourth-order valence-electron chi connectivity index (χ4n) is 2.90. The Morgan fingerprint density at radius 2 is 1.91 bits per heavy atom. The summed E-state index contributed by atoms with van der Waals surface area (Å²) in [5.41, 5.74) is 2.77. The highest BCUT2D eigenvalue weighted by atomic mass is 32.1. The molecule has 0 radical (unpaired) electrons. The zero-order valence-corrected chi connectivity index (χ0v) is 17.5. The summed E-state index contributed by atoms with van der Waals surface area (Å²) in [6.07, 6.45) is 2.89. The number of nitrogens with one attached hydrogen (secondary N) is 1. The number of non-ortho nitro benzene ring substituents is 1. The van der Waals surface area contributed by atoms with Crippen molar-refractivity contribution in [3.05, 3.63) is 93.2 Å². The Labute approximate surface area is 185 Å². The molecule has 32 heavy (non-hydrogen) atoms. The molecule has 0 bridgehead atoms. The molecule has 0 aliphatic rings. The molecule has 10 heteroatoms. The van der Waals surface area contributed by atoms with Crippen LogP contribution >= 0.6 is 11.3 Å². The highest BCUT2D eigenvalue weighted by Crippen LogP contribution is 2.26. The molecule has 160 valence electrons. The lowest BCUT2D eigenvalue weighted by molar-refractivity contribution is -0.384. The zero-order valence-electron chi connectivity index (χ0n) is 16.7. The molecule has 0 saturated heterocycles. The molecule has 8 nitrogen and oxygen atoms in total. The summed E-state index contributed by atoms with van der Waals surface area (Å²) in [6.45, 7) is 1.80. The Morgan fingerprint density at radius 3 is 2.59 bits per heavy atom. The minimum atomic E-state index is -0.482. The predicted octanol–water partition coefficient (Wildman–Crippen LogP) is 5.00. The number of hydrogen-bond acceptors (Lipinski definition) is 6. The number of carbonyl (C=O) groups excluding carboxylic acids is 1. The fraction of sp³-hybridized carbons (Fsp3) is 0.0455. The van der Waals surface area contributed by atoms with E-state index in [2.05, 4.69) is 15.4 Å². The normalized spacial score (nSPS) is 11.1. The average Bonchev–Trinajstić information content (AvgIpc) is 3.40. The number of aromatic nitrogens is 3. The van der Waals surface area contributed by atoms with Gasteiger partial charge in [-0.1, -0.05) is 0 Å². The van der Waals surface area contributed by atoms with E-state index in [0.29, 0.717) is 27.9 Å². The number of hydrogen-bond donors (Lipinski definition) is 1.